The Bertz CT molecular complexity index is 841. The zero-order valence-electron chi connectivity index (χ0n) is 11.3. The van der Waals surface area contributed by atoms with Crippen LogP contribution in [0.2, 0.25) is 0 Å². The van der Waals surface area contributed by atoms with Crippen LogP contribution in [-0.4, -0.2) is 15.7 Å². The monoisotopic (exact) mass is 344 g/mol. The number of carbonyl (C=O) groups is 1. The third kappa shape index (κ3) is 2.50. The summed E-state index contributed by atoms with van der Waals surface area (Å²) >= 11 is 3.34. The van der Waals surface area contributed by atoms with Crippen molar-refractivity contribution in [2.75, 3.05) is 11.1 Å². The second-order valence-corrected chi connectivity index (χ2v) is 5.53. The van der Waals surface area contributed by atoms with E-state index in [4.69, 9.17) is 5.73 Å². The minimum atomic E-state index is -0.247. The molecule has 3 rings (SSSR count). The second kappa shape index (κ2) is 5.21. The summed E-state index contributed by atoms with van der Waals surface area (Å²) in [5.41, 5.74) is 8.34. The Hall–Kier alpha value is -2.34. The molecule has 3 aromatic rings. The number of benzene rings is 2. The molecular weight excluding hydrogens is 332 g/mol. The maximum absolute atomic E-state index is 12.4. The van der Waals surface area contributed by atoms with E-state index in [1.54, 1.807) is 22.9 Å². The summed E-state index contributed by atoms with van der Waals surface area (Å²) in [7, 11) is 1.82. The van der Waals surface area contributed by atoms with Gasteiger partial charge in [-0.15, -0.1) is 0 Å². The molecule has 0 unspecified atom stereocenters. The van der Waals surface area contributed by atoms with Crippen molar-refractivity contribution in [3.63, 3.8) is 0 Å². The number of aromatic nitrogens is 2. The minimum Gasteiger partial charge on any atom is -0.398 e. The number of nitrogen functional groups attached to an aromatic ring is 1. The van der Waals surface area contributed by atoms with Crippen LogP contribution in [-0.2, 0) is 7.05 Å². The van der Waals surface area contributed by atoms with Gasteiger partial charge in [0.2, 0.25) is 0 Å². The third-order valence-corrected chi connectivity index (χ3v) is 3.92. The fourth-order valence-corrected chi connectivity index (χ4v) is 2.56. The molecule has 5 nitrogen and oxygen atoms in total. The smallest absolute Gasteiger partial charge is 0.276 e. The molecule has 0 aliphatic rings. The number of halogens is 1. The molecule has 0 aliphatic carbocycles. The number of aryl methyl sites for hydroxylation is 1. The van der Waals surface area contributed by atoms with Crippen LogP contribution in [0.1, 0.15) is 10.5 Å². The van der Waals surface area contributed by atoms with Gasteiger partial charge >= 0.3 is 0 Å². The van der Waals surface area contributed by atoms with E-state index >= 15 is 0 Å². The van der Waals surface area contributed by atoms with Crippen LogP contribution < -0.4 is 11.1 Å². The zero-order chi connectivity index (χ0) is 15.0. The van der Waals surface area contributed by atoms with Crippen LogP contribution in [0.25, 0.3) is 10.9 Å². The van der Waals surface area contributed by atoms with E-state index in [9.17, 15) is 4.79 Å². The highest BCUT2D eigenvalue weighted by Gasteiger charge is 2.15. The first kappa shape index (κ1) is 13.6. The Morgan fingerprint density at radius 2 is 2.05 bits per heavy atom. The molecule has 0 saturated carbocycles. The molecule has 0 spiro atoms. The van der Waals surface area contributed by atoms with Gasteiger partial charge in [-0.1, -0.05) is 18.2 Å². The molecule has 1 aromatic heterocycles. The SMILES string of the molecule is Cn1nc(C(=O)Nc2ccc(N)c(Br)c2)c2ccccc21. The molecule has 106 valence electrons. The lowest BCUT2D eigenvalue weighted by molar-refractivity contribution is 0.102. The molecule has 2 aromatic carbocycles. The van der Waals surface area contributed by atoms with Crippen LogP contribution >= 0.6 is 15.9 Å². The molecule has 0 fully saturated rings. The normalized spacial score (nSPS) is 10.8. The highest BCUT2D eigenvalue weighted by Crippen LogP contribution is 2.24. The molecule has 0 aliphatic heterocycles. The molecule has 0 atom stereocenters. The van der Waals surface area contributed by atoms with Crippen molar-refractivity contribution in [3.8, 4) is 0 Å². The summed E-state index contributed by atoms with van der Waals surface area (Å²) in [6.07, 6.45) is 0. The molecule has 1 amide bonds. The number of nitrogens with one attached hydrogen (secondary N) is 1. The number of carbonyl (C=O) groups excluding carboxylic acids is 1. The number of para-hydroxylation sites is 1. The molecular formula is C15H13BrN4O. The van der Waals surface area contributed by atoms with Crippen molar-refractivity contribution in [3.05, 3.63) is 52.6 Å². The lowest BCUT2D eigenvalue weighted by Gasteiger charge is -2.05. The standard InChI is InChI=1S/C15H13BrN4O/c1-20-13-5-3-2-4-10(13)14(19-20)15(21)18-9-6-7-12(17)11(16)8-9/h2-8H,17H2,1H3,(H,18,21). The van der Waals surface area contributed by atoms with Crippen molar-refractivity contribution in [1.29, 1.82) is 0 Å². The third-order valence-electron chi connectivity index (χ3n) is 3.23. The average Bonchev–Trinajstić information content (AvgIpc) is 2.81. The van der Waals surface area contributed by atoms with E-state index in [0.717, 1.165) is 15.4 Å². The first-order valence-corrected chi connectivity index (χ1v) is 7.13. The lowest BCUT2D eigenvalue weighted by atomic mass is 10.2. The number of nitrogens with zero attached hydrogens (tertiary/aromatic N) is 2. The van der Waals surface area contributed by atoms with Gasteiger partial charge in [0.05, 0.1) is 5.52 Å². The summed E-state index contributed by atoms with van der Waals surface area (Å²) in [6.45, 7) is 0. The van der Waals surface area contributed by atoms with Gasteiger partial charge in [-0.3, -0.25) is 9.48 Å². The Balaban J connectivity index is 1.95. The van der Waals surface area contributed by atoms with Gasteiger partial charge < -0.3 is 11.1 Å². The Kier molecular flexibility index (Phi) is 3.39. The van der Waals surface area contributed by atoms with E-state index < -0.39 is 0 Å². The van der Waals surface area contributed by atoms with Crippen LogP contribution in [0.4, 0.5) is 11.4 Å². The topological polar surface area (TPSA) is 72.9 Å². The molecule has 0 radical (unpaired) electrons. The molecule has 21 heavy (non-hydrogen) atoms. The van der Waals surface area contributed by atoms with E-state index in [0.29, 0.717) is 17.1 Å². The van der Waals surface area contributed by atoms with Crippen LogP contribution in [0, 0.1) is 0 Å². The predicted octanol–water partition coefficient (Wildman–Crippen LogP) is 3.17. The van der Waals surface area contributed by atoms with Gasteiger partial charge in [0.15, 0.2) is 5.69 Å². The maximum atomic E-state index is 12.4. The first-order chi connectivity index (χ1) is 10.1. The Labute approximate surface area is 129 Å². The van der Waals surface area contributed by atoms with E-state index in [-0.39, 0.29) is 5.91 Å². The van der Waals surface area contributed by atoms with E-state index in [2.05, 4.69) is 26.3 Å². The van der Waals surface area contributed by atoms with E-state index in [1.165, 1.54) is 0 Å². The zero-order valence-corrected chi connectivity index (χ0v) is 12.9. The number of amides is 1. The number of hydrogen-bond donors (Lipinski definition) is 2. The first-order valence-electron chi connectivity index (χ1n) is 6.34. The lowest BCUT2D eigenvalue weighted by Crippen LogP contribution is -2.13. The molecule has 0 bridgehead atoms. The summed E-state index contributed by atoms with van der Waals surface area (Å²) in [5.74, 6) is -0.247. The fraction of sp³-hybridized carbons (Fsp3) is 0.0667. The van der Waals surface area contributed by atoms with Crippen molar-refractivity contribution >= 4 is 44.1 Å². The number of fused-ring (bicyclic) bond motifs is 1. The molecule has 1 heterocycles. The van der Waals surface area contributed by atoms with Gasteiger partial charge in [0.25, 0.3) is 5.91 Å². The average molecular weight is 345 g/mol. The van der Waals surface area contributed by atoms with Crippen LogP contribution in [0.3, 0.4) is 0 Å². The fourth-order valence-electron chi connectivity index (χ4n) is 2.18. The largest absolute Gasteiger partial charge is 0.398 e. The van der Waals surface area contributed by atoms with E-state index in [1.807, 2.05) is 31.3 Å². The minimum absolute atomic E-state index is 0.247. The van der Waals surface area contributed by atoms with Gasteiger partial charge in [-0.25, -0.2) is 0 Å². The van der Waals surface area contributed by atoms with Crippen molar-refractivity contribution in [1.82, 2.24) is 9.78 Å². The summed E-state index contributed by atoms with van der Waals surface area (Å²) in [5, 5.41) is 7.95. The van der Waals surface area contributed by atoms with Gasteiger partial charge in [-0.2, -0.15) is 5.10 Å². The summed E-state index contributed by atoms with van der Waals surface area (Å²) in [6, 6.07) is 12.9. The second-order valence-electron chi connectivity index (χ2n) is 4.68. The van der Waals surface area contributed by atoms with Crippen LogP contribution in [0.5, 0.6) is 0 Å². The van der Waals surface area contributed by atoms with Gasteiger partial charge in [0.1, 0.15) is 0 Å². The maximum Gasteiger partial charge on any atom is 0.276 e. The summed E-state index contributed by atoms with van der Waals surface area (Å²) < 4.78 is 2.44. The van der Waals surface area contributed by atoms with Crippen molar-refractivity contribution in [2.45, 2.75) is 0 Å². The molecule has 6 heteroatoms. The predicted molar refractivity (Wildman–Crippen MR) is 87.2 cm³/mol. The quantitative estimate of drug-likeness (QED) is 0.701. The number of hydrogen-bond acceptors (Lipinski definition) is 3. The number of anilines is 2. The summed E-state index contributed by atoms with van der Waals surface area (Å²) in [4.78, 5) is 12.4. The highest BCUT2D eigenvalue weighted by molar-refractivity contribution is 9.10. The van der Waals surface area contributed by atoms with Gasteiger partial charge in [0, 0.05) is 28.3 Å². The molecule has 3 N–H and O–H groups in total. The Morgan fingerprint density at radius 1 is 1.29 bits per heavy atom. The molecule has 0 saturated heterocycles. The van der Waals surface area contributed by atoms with Crippen molar-refractivity contribution in [2.24, 2.45) is 7.05 Å². The number of nitrogens with two attached hydrogens (primary N) is 1. The highest BCUT2D eigenvalue weighted by atomic mass is 79.9. The van der Waals surface area contributed by atoms with Crippen LogP contribution in [0.15, 0.2) is 46.9 Å². The Morgan fingerprint density at radius 3 is 2.81 bits per heavy atom. The number of rotatable bonds is 2. The van der Waals surface area contributed by atoms with Gasteiger partial charge in [-0.05, 0) is 40.2 Å². The van der Waals surface area contributed by atoms with Crippen molar-refractivity contribution < 1.29 is 4.79 Å².